The van der Waals surface area contributed by atoms with Gasteiger partial charge in [0.05, 0.1) is 6.10 Å². The summed E-state index contributed by atoms with van der Waals surface area (Å²) in [6.45, 7) is 4.70. The van der Waals surface area contributed by atoms with Gasteiger partial charge in [0.15, 0.2) is 0 Å². The first kappa shape index (κ1) is 20.2. The maximum atomic E-state index is 9.87. The summed E-state index contributed by atoms with van der Waals surface area (Å²) in [6.07, 6.45) is 24.8. The van der Waals surface area contributed by atoms with Gasteiger partial charge in [-0.2, -0.15) is 0 Å². The molecule has 0 unspecified atom stereocenters. The predicted molar refractivity (Wildman–Crippen MR) is 112 cm³/mol. The van der Waals surface area contributed by atoms with Crippen molar-refractivity contribution in [2.45, 2.75) is 116 Å². The second-order valence-corrected chi connectivity index (χ2v) is 10.2. The molecule has 3 fully saturated rings. The van der Waals surface area contributed by atoms with E-state index in [4.69, 9.17) is 0 Å². The highest BCUT2D eigenvalue weighted by Gasteiger charge is 2.40. The molecular weight excluding hydrogens is 316 g/mol. The Morgan fingerprint density at radius 1 is 1.04 bits per heavy atom. The Bertz CT molecular complexity index is 500. The van der Waals surface area contributed by atoms with Crippen LogP contribution in [0, 0.1) is 17.3 Å². The third kappa shape index (κ3) is 5.98. The van der Waals surface area contributed by atoms with Gasteiger partial charge in [-0.15, -0.1) is 0 Å². The zero-order chi connectivity index (χ0) is 18.4. The molecule has 0 heterocycles. The van der Waals surface area contributed by atoms with Gasteiger partial charge in [-0.25, -0.2) is 0 Å². The van der Waals surface area contributed by atoms with E-state index in [1.54, 1.807) is 5.57 Å². The molecule has 0 saturated heterocycles. The van der Waals surface area contributed by atoms with Crippen molar-refractivity contribution in [3.05, 3.63) is 23.3 Å². The summed E-state index contributed by atoms with van der Waals surface area (Å²) < 4.78 is 0. The lowest BCUT2D eigenvalue weighted by atomic mass is 9.70. The maximum absolute atomic E-state index is 9.87. The van der Waals surface area contributed by atoms with Crippen molar-refractivity contribution in [3.8, 4) is 0 Å². The van der Waals surface area contributed by atoms with Crippen molar-refractivity contribution in [2.24, 2.45) is 17.3 Å². The number of allylic oxidation sites excluding steroid dienone is 3. The number of hydrogen-bond acceptors (Lipinski definition) is 1. The molecule has 0 amide bonds. The maximum Gasteiger partial charge on any atom is 0.0577 e. The minimum absolute atomic E-state index is 0.0858. The summed E-state index contributed by atoms with van der Waals surface area (Å²) in [5, 5.41) is 9.87. The Morgan fingerprint density at radius 3 is 2.65 bits per heavy atom. The topological polar surface area (TPSA) is 20.2 Å². The summed E-state index contributed by atoms with van der Waals surface area (Å²) >= 11 is 0. The largest absolute Gasteiger partial charge is 0.393 e. The molecule has 1 heteroatoms. The van der Waals surface area contributed by atoms with Crippen LogP contribution in [0.1, 0.15) is 110 Å². The van der Waals surface area contributed by atoms with E-state index >= 15 is 0 Å². The lowest BCUT2D eigenvalue weighted by molar-refractivity contribution is 0.149. The van der Waals surface area contributed by atoms with Crippen molar-refractivity contribution in [1.29, 1.82) is 0 Å². The van der Waals surface area contributed by atoms with E-state index in [-0.39, 0.29) is 6.10 Å². The SMILES string of the molecule is CC(C)CCCC[C@@H]1CC[C@]2(CCC/C(=C\C=C3\CCC[C@H](O)C3)C2)C1. The number of rotatable bonds is 6. The van der Waals surface area contributed by atoms with Gasteiger partial charge in [0.1, 0.15) is 0 Å². The van der Waals surface area contributed by atoms with Crippen LogP contribution in [0.15, 0.2) is 23.3 Å². The Labute approximate surface area is 162 Å². The van der Waals surface area contributed by atoms with Gasteiger partial charge in [0, 0.05) is 0 Å². The van der Waals surface area contributed by atoms with Crippen molar-refractivity contribution in [2.75, 3.05) is 0 Å². The Kier molecular flexibility index (Phi) is 7.44. The molecule has 0 bridgehead atoms. The highest BCUT2D eigenvalue weighted by molar-refractivity contribution is 5.22. The molecule has 0 aliphatic heterocycles. The van der Waals surface area contributed by atoms with Gasteiger partial charge in [-0.3, -0.25) is 0 Å². The zero-order valence-corrected chi connectivity index (χ0v) is 17.4. The van der Waals surface area contributed by atoms with Crippen molar-refractivity contribution in [3.63, 3.8) is 0 Å². The Morgan fingerprint density at radius 2 is 1.85 bits per heavy atom. The molecule has 0 radical (unpaired) electrons. The lowest BCUT2D eigenvalue weighted by Gasteiger charge is -2.35. The summed E-state index contributed by atoms with van der Waals surface area (Å²) in [6, 6.07) is 0. The molecule has 0 aromatic carbocycles. The first-order valence-corrected chi connectivity index (χ1v) is 11.6. The van der Waals surface area contributed by atoms with Crippen molar-refractivity contribution >= 4 is 0 Å². The predicted octanol–water partition coefficient (Wildman–Crippen LogP) is 7.35. The van der Waals surface area contributed by atoms with Crippen LogP contribution in [-0.2, 0) is 0 Å². The normalized spacial score (nSPS) is 35.8. The molecule has 1 nitrogen and oxygen atoms in total. The molecule has 3 aliphatic rings. The average molecular weight is 359 g/mol. The average Bonchev–Trinajstić information content (AvgIpc) is 2.99. The van der Waals surface area contributed by atoms with Crippen LogP contribution < -0.4 is 0 Å². The van der Waals surface area contributed by atoms with Crippen LogP contribution in [0.3, 0.4) is 0 Å². The van der Waals surface area contributed by atoms with E-state index in [0.29, 0.717) is 5.41 Å². The van der Waals surface area contributed by atoms with Crippen molar-refractivity contribution < 1.29 is 5.11 Å². The standard InChI is InChI=1S/C25H42O/c1-20(2)7-3-4-8-23-14-16-25(19-23)15-6-10-22(18-25)13-12-21-9-5-11-24(26)17-21/h12-13,20,23-24,26H,3-11,14-19H2,1-2H3/b21-12-,22-13+/t23-,24+,25+/m1/s1. The number of aliphatic hydroxyl groups is 1. The molecule has 3 saturated carbocycles. The van der Waals surface area contributed by atoms with E-state index in [2.05, 4.69) is 26.0 Å². The number of aliphatic hydroxyl groups excluding tert-OH is 1. The molecule has 3 aliphatic carbocycles. The monoisotopic (exact) mass is 358 g/mol. The summed E-state index contributed by atoms with van der Waals surface area (Å²) in [5.74, 6) is 1.88. The summed E-state index contributed by atoms with van der Waals surface area (Å²) in [4.78, 5) is 0. The molecule has 0 aromatic heterocycles. The van der Waals surface area contributed by atoms with Crippen LogP contribution in [0.4, 0.5) is 0 Å². The molecule has 1 spiro atoms. The quantitative estimate of drug-likeness (QED) is 0.492. The summed E-state index contributed by atoms with van der Waals surface area (Å²) in [5.41, 5.74) is 3.83. The molecule has 3 atom stereocenters. The zero-order valence-electron chi connectivity index (χ0n) is 17.4. The van der Waals surface area contributed by atoms with Gasteiger partial charge < -0.3 is 5.11 Å². The second kappa shape index (κ2) is 9.58. The van der Waals surface area contributed by atoms with Crippen LogP contribution in [-0.4, -0.2) is 11.2 Å². The smallest absolute Gasteiger partial charge is 0.0577 e. The fourth-order valence-electron chi connectivity index (χ4n) is 5.90. The van der Waals surface area contributed by atoms with E-state index in [9.17, 15) is 5.11 Å². The van der Waals surface area contributed by atoms with Gasteiger partial charge in [0.25, 0.3) is 0 Å². The molecule has 26 heavy (non-hydrogen) atoms. The lowest BCUT2D eigenvalue weighted by Crippen LogP contribution is -2.22. The van der Waals surface area contributed by atoms with Gasteiger partial charge >= 0.3 is 0 Å². The minimum Gasteiger partial charge on any atom is -0.393 e. The van der Waals surface area contributed by atoms with E-state index < -0.39 is 0 Å². The molecule has 0 aromatic rings. The van der Waals surface area contributed by atoms with Crippen LogP contribution in [0.25, 0.3) is 0 Å². The highest BCUT2D eigenvalue weighted by Crippen LogP contribution is 2.53. The Balaban J connectivity index is 1.48. The minimum atomic E-state index is -0.0858. The third-order valence-electron chi connectivity index (χ3n) is 7.34. The molecule has 148 valence electrons. The molecule has 1 N–H and O–H groups in total. The molecular formula is C25H42O. The summed E-state index contributed by atoms with van der Waals surface area (Å²) in [7, 11) is 0. The second-order valence-electron chi connectivity index (χ2n) is 10.2. The van der Waals surface area contributed by atoms with Gasteiger partial charge in [0.2, 0.25) is 0 Å². The van der Waals surface area contributed by atoms with E-state index in [0.717, 1.165) is 24.7 Å². The van der Waals surface area contributed by atoms with Gasteiger partial charge in [-0.05, 0) is 87.9 Å². The fourth-order valence-corrected chi connectivity index (χ4v) is 5.90. The number of unbranched alkanes of at least 4 members (excludes halogenated alkanes) is 1. The highest BCUT2D eigenvalue weighted by atomic mass is 16.3. The van der Waals surface area contributed by atoms with Gasteiger partial charge in [-0.1, -0.05) is 62.8 Å². The van der Waals surface area contributed by atoms with Crippen LogP contribution in [0.5, 0.6) is 0 Å². The first-order chi connectivity index (χ1) is 12.5. The third-order valence-corrected chi connectivity index (χ3v) is 7.34. The molecule has 3 rings (SSSR count). The first-order valence-electron chi connectivity index (χ1n) is 11.6. The van der Waals surface area contributed by atoms with E-state index in [1.807, 2.05) is 0 Å². The fraction of sp³-hybridized carbons (Fsp3) is 0.840. The Hall–Kier alpha value is -0.560. The van der Waals surface area contributed by atoms with Crippen molar-refractivity contribution in [1.82, 2.24) is 0 Å². The van der Waals surface area contributed by atoms with Crippen LogP contribution in [0.2, 0.25) is 0 Å². The van der Waals surface area contributed by atoms with E-state index in [1.165, 1.54) is 89.0 Å². The van der Waals surface area contributed by atoms with Crippen LogP contribution >= 0.6 is 0 Å². The number of hydrogen-bond donors (Lipinski definition) is 1.